The van der Waals surface area contributed by atoms with Crippen LogP contribution in [0.15, 0.2) is 53.2 Å². The lowest BCUT2D eigenvalue weighted by atomic mass is 10.1. The van der Waals surface area contributed by atoms with Crippen molar-refractivity contribution in [2.75, 3.05) is 6.61 Å². The zero-order valence-corrected chi connectivity index (χ0v) is 18.0. The minimum absolute atomic E-state index is 0.367. The summed E-state index contributed by atoms with van der Waals surface area (Å²) < 4.78 is 13.0. The molecule has 8 heteroatoms. The van der Waals surface area contributed by atoms with Crippen molar-refractivity contribution in [2.45, 2.75) is 26.8 Å². The lowest BCUT2D eigenvalue weighted by Crippen LogP contribution is -2.16. The van der Waals surface area contributed by atoms with Gasteiger partial charge in [-0.1, -0.05) is 30.6 Å². The van der Waals surface area contributed by atoms with Gasteiger partial charge in [0.25, 0.3) is 5.89 Å². The summed E-state index contributed by atoms with van der Waals surface area (Å²) in [5.41, 5.74) is 2.47. The molecule has 0 amide bonds. The van der Waals surface area contributed by atoms with Crippen LogP contribution in [-0.4, -0.2) is 32.4 Å². The maximum atomic E-state index is 11.2. The fraction of sp³-hybridized carbons (Fsp3) is 0.261. The third-order valence-electron chi connectivity index (χ3n) is 4.99. The minimum Gasteiger partial charge on any atom is -0.492 e. The lowest BCUT2D eigenvalue weighted by molar-refractivity contribution is -0.141. The fourth-order valence-corrected chi connectivity index (χ4v) is 3.53. The predicted molar refractivity (Wildman–Crippen MR) is 118 cm³/mol. The van der Waals surface area contributed by atoms with E-state index in [1.54, 1.807) is 19.1 Å². The first-order chi connectivity index (χ1) is 15.0. The van der Waals surface area contributed by atoms with Crippen LogP contribution >= 0.6 is 11.6 Å². The SMILES string of the molecule is CCCOc1ccc(-c2nc(-c3ccc4c(ccn4C[C@@H](C)C(=O)O)c3)no2)cc1Cl. The van der Waals surface area contributed by atoms with Crippen molar-refractivity contribution in [3.63, 3.8) is 0 Å². The first-order valence-corrected chi connectivity index (χ1v) is 10.4. The maximum Gasteiger partial charge on any atom is 0.308 e. The van der Waals surface area contributed by atoms with Gasteiger partial charge in [0.05, 0.1) is 17.5 Å². The van der Waals surface area contributed by atoms with Crippen molar-refractivity contribution in [3.8, 4) is 28.6 Å². The lowest BCUT2D eigenvalue weighted by Gasteiger charge is -2.09. The summed E-state index contributed by atoms with van der Waals surface area (Å²) in [6, 6.07) is 13.1. The highest BCUT2D eigenvalue weighted by Gasteiger charge is 2.15. The third kappa shape index (κ3) is 4.41. The van der Waals surface area contributed by atoms with Crippen LogP contribution in [0.1, 0.15) is 20.3 Å². The summed E-state index contributed by atoms with van der Waals surface area (Å²) in [5, 5.41) is 14.7. The molecule has 0 unspecified atom stereocenters. The largest absolute Gasteiger partial charge is 0.492 e. The van der Waals surface area contributed by atoms with Crippen LogP contribution in [0.2, 0.25) is 5.02 Å². The summed E-state index contributed by atoms with van der Waals surface area (Å²) in [7, 11) is 0. The number of fused-ring (bicyclic) bond motifs is 1. The van der Waals surface area contributed by atoms with Gasteiger partial charge in [0.2, 0.25) is 5.82 Å². The van der Waals surface area contributed by atoms with Crippen LogP contribution in [0.3, 0.4) is 0 Å². The number of hydrogen-bond donors (Lipinski definition) is 1. The molecular formula is C23H22ClN3O4. The molecule has 0 bridgehead atoms. The molecule has 0 aliphatic rings. The quantitative estimate of drug-likeness (QED) is 0.388. The summed E-state index contributed by atoms with van der Waals surface area (Å²) in [5.74, 6) is 0.167. The van der Waals surface area contributed by atoms with Crippen LogP contribution < -0.4 is 4.74 Å². The number of halogens is 1. The zero-order valence-electron chi connectivity index (χ0n) is 17.2. The second kappa shape index (κ2) is 8.81. The fourth-order valence-electron chi connectivity index (χ4n) is 3.29. The van der Waals surface area contributed by atoms with E-state index < -0.39 is 11.9 Å². The second-order valence-electron chi connectivity index (χ2n) is 7.40. The van der Waals surface area contributed by atoms with E-state index in [0.29, 0.717) is 41.2 Å². The van der Waals surface area contributed by atoms with Crippen LogP contribution in [0, 0.1) is 5.92 Å². The highest BCUT2D eigenvalue weighted by Crippen LogP contribution is 2.31. The number of ether oxygens (including phenoxy) is 1. The average molecular weight is 440 g/mol. The van der Waals surface area contributed by atoms with E-state index in [1.165, 1.54) is 0 Å². The smallest absolute Gasteiger partial charge is 0.308 e. The molecule has 0 radical (unpaired) electrons. The standard InChI is InChI=1S/C23H22ClN3O4/c1-3-10-30-20-7-5-17(12-18(20)24)22-25-21(26-31-22)16-4-6-19-15(11-16)8-9-27(19)13-14(2)23(28)29/h4-9,11-12,14H,3,10,13H2,1-2H3,(H,28,29)/t14-/m1/s1. The van der Waals surface area contributed by atoms with Gasteiger partial charge >= 0.3 is 5.97 Å². The zero-order chi connectivity index (χ0) is 22.0. The number of hydrogen-bond acceptors (Lipinski definition) is 5. The highest BCUT2D eigenvalue weighted by molar-refractivity contribution is 6.32. The molecular weight excluding hydrogens is 418 g/mol. The number of carboxylic acid groups (broad SMARTS) is 1. The molecule has 7 nitrogen and oxygen atoms in total. The molecule has 0 saturated carbocycles. The molecule has 2 heterocycles. The van der Waals surface area contributed by atoms with Crippen molar-refractivity contribution in [1.29, 1.82) is 0 Å². The molecule has 160 valence electrons. The van der Waals surface area contributed by atoms with E-state index in [0.717, 1.165) is 22.9 Å². The third-order valence-corrected chi connectivity index (χ3v) is 5.28. The topological polar surface area (TPSA) is 90.4 Å². The van der Waals surface area contributed by atoms with Crippen molar-refractivity contribution in [2.24, 2.45) is 5.92 Å². The summed E-state index contributed by atoms with van der Waals surface area (Å²) in [6.07, 6.45) is 2.79. The second-order valence-corrected chi connectivity index (χ2v) is 7.80. The van der Waals surface area contributed by atoms with Gasteiger partial charge in [0, 0.05) is 34.8 Å². The normalized spacial score (nSPS) is 12.2. The van der Waals surface area contributed by atoms with Gasteiger partial charge in [0.15, 0.2) is 0 Å². The monoisotopic (exact) mass is 439 g/mol. The number of carbonyl (C=O) groups is 1. The van der Waals surface area contributed by atoms with E-state index in [4.69, 9.17) is 26.0 Å². The molecule has 0 spiro atoms. The molecule has 4 aromatic rings. The predicted octanol–water partition coefficient (Wildman–Crippen LogP) is 5.52. The molecule has 31 heavy (non-hydrogen) atoms. The summed E-state index contributed by atoms with van der Waals surface area (Å²) in [4.78, 5) is 15.7. The van der Waals surface area contributed by atoms with Gasteiger partial charge in [0.1, 0.15) is 5.75 Å². The Morgan fingerprint density at radius 1 is 1.23 bits per heavy atom. The molecule has 1 N–H and O–H groups in total. The maximum absolute atomic E-state index is 11.2. The van der Waals surface area contributed by atoms with Gasteiger partial charge in [-0.3, -0.25) is 4.79 Å². The summed E-state index contributed by atoms with van der Waals surface area (Å²) in [6.45, 7) is 4.73. The Labute approximate surface area is 184 Å². The van der Waals surface area contributed by atoms with Crippen LogP contribution in [-0.2, 0) is 11.3 Å². The van der Waals surface area contributed by atoms with Crippen LogP contribution in [0.4, 0.5) is 0 Å². The molecule has 0 aliphatic carbocycles. The molecule has 1 atom stereocenters. The Morgan fingerprint density at radius 3 is 2.77 bits per heavy atom. The van der Waals surface area contributed by atoms with Crippen molar-refractivity contribution < 1.29 is 19.2 Å². The van der Waals surface area contributed by atoms with Crippen molar-refractivity contribution in [1.82, 2.24) is 14.7 Å². The molecule has 0 aliphatic heterocycles. The van der Waals surface area contributed by atoms with Crippen LogP contribution in [0.5, 0.6) is 5.75 Å². The Kier molecular flexibility index (Phi) is 5.95. The van der Waals surface area contributed by atoms with Crippen molar-refractivity contribution >= 4 is 28.5 Å². The number of aromatic nitrogens is 3. The number of rotatable bonds is 8. The van der Waals surface area contributed by atoms with Crippen molar-refractivity contribution in [3.05, 3.63) is 53.7 Å². The first kappa shape index (κ1) is 20.9. The average Bonchev–Trinajstić information content (AvgIpc) is 3.40. The Hall–Kier alpha value is -3.32. The Balaban J connectivity index is 1.57. The highest BCUT2D eigenvalue weighted by atomic mass is 35.5. The number of aliphatic carboxylic acids is 1. The van der Waals surface area contributed by atoms with Gasteiger partial charge in [-0.25, -0.2) is 0 Å². The molecule has 2 aromatic carbocycles. The van der Waals surface area contributed by atoms with E-state index in [1.807, 2.05) is 48.0 Å². The van der Waals surface area contributed by atoms with E-state index in [2.05, 4.69) is 10.1 Å². The van der Waals surface area contributed by atoms with E-state index >= 15 is 0 Å². The molecule has 0 fully saturated rings. The van der Waals surface area contributed by atoms with Crippen LogP contribution in [0.25, 0.3) is 33.7 Å². The van der Waals surface area contributed by atoms with E-state index in [-0.39, 0.29) is 0 Å². The Morgan fingerprint density at radius 2 is 2.03 bits per heavy atom. The minimum atomic E-state index is -0.817. The van der Waals surface area contributed by atoms with E-state index in [9.17, 15) is 4.79 Å². The molecule has 4 rings (SSSR count). The Bertz CT molecular complexity index is 1230. The van der Waals surface area contributed by atoms with Gasteiger partial charge < -0.3 is 18.9 Å². The number of carboxylic acids is 1. The molecule has 2 aromatic heterocycles. The number of nitrogens with zero attached hydrogens (tertiary/aromatic N) is 3. The van der Waals surface area contributed by atoms with Gasteiger partial charge in [-0.2, -0.15) is 4.98 Å². The molecule has 0 saturated heterocycles. The first-order valence-electron chi connectivity index (χ1n) is 10.0. The van der Waals surface area contributed by atoms with Gasteiger partial charge in [-0.05, 0) is 48.9 Å². The van der Waals surface area contributed by atoms with Gasteiger partial charge in [-0.15, -0.1) is 0 Å². The summed E-state index contributed by atoms with van der Waals surface area (Å²) >= 11 is 6.31. The number of benzene rings is 2.